The lowest BCUT2D eigenvalue weighted by Gasteiger charge is -2.30. The summed E-state index contributed by atoms with van der Waals surface area (Å²) < 4.78 is 31.1. The van der Waals surface area contributed by atoms with E-state index in [0.29, 0.717) is 43.8 Å². The molecule has 9 nitrogen and oxygen atoms in total. The van der Waals surface area contributed by atoms with Crippen LogP contribution in [0.1, 0.15) is 32.6 Å². The Bertz CT molecular complexity index is 792. The summed E-state index contributed by atoms with van der Waals surface area (Å²) in [7, 11) is -1.70. The predicted octanol–water partition coefficient (Wildman–Crippen LogP) is 1.10. The first-order valence-electron chi connectivity index (χ1n) is 9.80. The van der Waals surface area contributed by atoms with Gasteiger partial charge in [0, 0.05) is 19.0 Å². The van der Waals surface area contributed by atoms with Gasteiger partial charge in [-0.2, -0.15) is 0 Å². The minimum atomic E-state index is -3.25. The highest BCUT2D eigenvalue weighted by molar-refractivity contribution is 7.89. The largest absolute Gasteiger partial charge is 0.495 e. The number of carbonyl (C=O) groups is 2. The van der Waals surface area contributed by atoms with E-state index in [9.17, 15) is 18.0 Å². The zero-order valence-corrected chi connectivity index (χ0v) is 17.8. The van der Waals surface area contributed by atoms with E-state index >= 15 is 0 Å². The molecule has 3 N–H and O–H groups in total. The molecule has 1 fully saturated rings. The Balaban J connectivity index is 1.72. The number of anilines is 1. The van der Waals surface area contributed by atoms with Gasteiger partial charge in [0.25, 0.3) is 5.91 Å². The summed E-state index contributed by atoms with van der Waals surface area (Å²) in [5, 5.41) is 2.94. The monoisotopic (exact) mass is 426 g/mol. The minimum Gasteiger partial charge on any atom is -0.495 e. The number of nitrogens with one attached hydrogen (secondary N) is 3. The summed E-state index contributed by atoms with van der Waals surface area (Å²) in [6.45, 7) is 2.57. The number of hydrazine groups is 1. The molecule has 1 aromatic rings. The lowest BCUT2D eigenvalue weighted by Crippen LogP contribution is -2.49. The summed E-state index contributed by atoms with van der Waals surface area (Å²) in [6, 6.07) is 7.20. The lowest BCUT2D eigenvalue weighted by atomic mass is 9.98. The Morgan fingerprint density at radius 2 is 1.86 bits per heavy atom. The number of carbonyl (C=O) groups excluding carboxylic acids is 2. The number of amides is 2. The molecule has 29 heavy (non-hydrogen) atoms. The highest BCUT2D eigenvalue weighted by Gasteiger charge is 2.30. The summed E-state index contributed by atoms with van der Waals surface area (Å²) in [6.07, 6.45) is 2.33. The first-order chi connectivity index (χ1) is 13.9. The van der Waals surface area contributed by atoms with Crippen molar-refractivity contribution >= 4 is 27.5 Å². The van der Waals surface area contributed by atoms with Crippen LogP contribution in [0.4, 0.5) is 5.69 Å². The highest BCUT2D eigenvalue weighted by atomic mass is 32.2. The number of hydrogen-bond donors (Lipinski definition) is 3. The fraction of sp³-hybridized carbons (Fsp3) is 0.579. The number of ether oxygens (including phenoxy) is 1. The van der Waals surface area contributed by atoms with Crippen molar-refractivity contribution in [1.82, 2.24) is 15.2 Å². The molecule has 1 saturated heterocycles. The van der Waals surface area contributed by atoms with E-state index in [4.69, 9.17) is 4.74 Å². The van der Waals surface area contributed by atoms with E-state index in [-0.39, 0.29) is 24.1 Å². The molecule has 1 aromatic carbocycles. The number of methoxy groups -OCH3 is 1. The second-order valence-corrected chi connectivity index (χ2v) is 9.02. The molecule has 10 heteroatoms. The normalized spacial score (nSPS) is 15.5. The van der Waals surface area contributed by atoms with Gasteiger partial charge in [-0.05, 0) is 31.4 Å². The molecule has 0 radical (unpaired) electrons. The fourth-order valence-electron chi connectivity index (χ4n) is 3.10. The number of unbranched alkanes of at least 4 members (excludes halogenated alkanes) is 1. The van der Waals surface area contributed by atoms with Crippen molar-refractivity contribution < 1.29 is 22.7 Å². The molecule has 0 aliphatic carbocycles. The molecule has 0 spiro atoms. The maximum atomic E-state index is 12.3. The van der Waals surface area contributed by atoms with Crippen LogP contribution in [0.3, 0.4) is 0 Å². The Morgan fingerprint density at radius 1 is 1.17 bits per heavy atom. The van der Waals surface area contributed by atoms with Crippen LogP contribution in [0, 0.1) is 5.92 Å². The van der Waals surface area contributed by atoms with E-state index in [0.717, 1.165) is 6.42 Å². The Labute approximate surface area is 172 Å². The van der Waals surface area contributed by atoms with Gasteiger partial charge in [0.05, 0.1) is 25.1 Å². The van der Waals surface area contributed by atoms with Gasteiger partial charge in [0.15, 0.2) is 0 Å². The molecule has 0 atom stereocenters. The number of nitrogens with zero attached hydrogens (tertiary/aromatic N) is 1. The van der Waals surface area contributed by atoms with Crippen molar-refractivity contribution in [2.75, 3.05) is 37.8 Å². The standard InChI is InChI=1S/C19H30N4O5S/c1-3-4-13-29(26,27)23-11-9-15(10-12-23)19(25)22-21-18(24)14-20-16-7-5-6-8-17(16)28-2/h5-8,15,20H,3-4,9-14H2,1-2H3,(H,21,24)(H,22,25). The Kier molecular flexibility index (Phi) is 8.71. The average Bonchev–Trinajstić information content (AvgIpc) is 2.74. The number of para-hydroxylation sites is 2. The fourth-order valence-corrected chi connectivity index (χ4v) is 4.77. The van der Waals surface area contributed by atoms with Crippen LogP contribution in [-0.4, -0.2) is 57.0 Å². The summed E-state index contributed by atoms with van der Waals surface area (Å²) in [5.74, 6) is -0.263. The molecule has 0 saturated carbocycles. The number of sulfonamides is 1. The van der Waals surface area contributed by atoms with E-state index in [1.807, 2.05) is 19.1 Å². The van der Waals surface area contributed by atoms with Gasteiger partial charge < -0.3 is 10.1 Å². The lowest BCUT2D eigenvalue weighted by molar-refractivity contribution is -0.131. The smallest absolute Gasteiger partial charge is 0.257 e. The molecule has 2 rings (SSSR count). The Morgan fingerprint density at radius 3 is 2.52 bits per heavy atom. The van der Waals surface area contributed by atoms with Crippen LogP contribution in [0.15, 0.2) is 24.3 Å². The van der Waals surface area contributed by atoms with E-state index < -0.39 is 15.9 Å². The van der Waals surface area contributed by atoms with Crippen molar-refractivity contribution in [2.24, 2.45) is 5.92 Å². The quantitative estimate of drug-likeness (QED) is 0.509. The van der Waals surface area contributed by atoms with Gasteiger partial charge in [0.2, 0.25) is 15.9 Å². The molecule has 162 valence electrons. The molecule has 1 heterocycles. The third kappa shape index (κ3) is 6.90. The molecule has 1 aliphatic heterocycles. The SMILES string of the molecule is CCCCS(=O)(=O)N1CCC(C(=O)NNC(=O)CNc2ccccc2OC)CC1. The summed E-state index contributed by atoms with van der Waals surface area (Å²) in [5.41, 5.74) is 5.48. The van der Waals surface area contributed by atoms with Crippen LogP contribution in [0.5, 0.6) is 5.75 Å². The third-order valence-corrected chi connectivity index (χ3v) is 6.80. The van der Waals surface area contributed by atoms with Crippen LogP contribution in [-0.2, 0) is 19.6 Å². The number of benzene rings is 1. The van der Waals surface area contributed by atoms with Crippen molar-refractivity contribution in [3.63, 3.8) is 0 Å². The van der Waals surface area contributed by atoms with Crippen LogP contribution in [0.2, 0.25) is 0 Å². The zero-order chi connectivity index (χ0) is 21.3. The molecule has 2 amide bonds. The first-order valence-corrected chi connectivity index (χ1v) is 11.4. The molecule has 0 aromatic heterocycles. The van der Waals surface area contributed by atoms with Crippen LogP contribution < -0.4 is 20.9 Å². The summed E-state index contributed by atoms with van der Waals surface area (Å²) >= 11 is 0. The van der Waals surface area contributed by atoms with Crippen molar-refractivity contribution in [1.29, 1.82) is 0 Å². The Hall–Kier alpha value is -2.33. The van der Waals surface area contributed by atoms with Gasteiger partial charge >= 0.3 is 0 Å². The van der Waals surface area contributed by atoms with E-state index in [1.165, 1.54) is 4.31 Å². The highest BCUT2D eigenvalue weighted by Crippen LogP contribution is 2.22. The third-order valence-electron chi connectivity index (χ3n) is 4.85. The predicted molar refractivity (Wildman–Crippen MR) is 111 cm³/mol. The van der Waals surface area contributed by atoms with E-state index in [2.05, 4.69) is 16.2 Å². The molecular weight excluding hydrogens is 396 g/mol. The maximum Gasteiger partial charge on any atom is 0.257 e. The minimum absolute atomic E-state index is 0.0330. The molecule has 1 aliphatic rings. The number of hydrogen-bond acceptors (Lipinski definition) is 6. The molecular formula is C19H30N4O5S. The maximum absolute atomic E-state index is 12.3. The number of rotatable bonds is 9. The summed E-state index contributed by atoms with van der Waals surface area (Å²) in [4.78, 5) is 24.2. The second-order valence-electron chi connectivity index (χ2n) is 6.93. The first kappa shape index (κ1) is 23.0. The second kappa shape index (κ2) is 11.0. The van der Waals surface area contributed by atoms with Crippen LogP contribution >= 0.6 is 0 Å². The van der Waals surface area contributed by atoms with Crippen molar-refractivity contribution in [3.05, 3.63) is 24.3 Å². The molecule has 0 unspecified atom stereocenters. The molecule has 0 bridgehead atoms. The topological polar surface area (TPSA) is 117 Å². The van der Waals surface area contributed by atoms with E-state index in [1.54, 1.807) is 19.2 Å². The van der Waals surface area contributed by atoms with Gasteiger partial charge in [-0.1, -0.05) is 25.5 Å². The van der Waals surface area contributed by atoms with Gasteiger partial charge in [0.1, 0.15) is 5.75 Å². The van der Waals surface area contributed by atoms with Crippen molar-refractivity contribution in [3.8, 4) is 5.75 Å². The van der Waals surface area contributed by atoms with Gasteiger partial charge in [-0.3, -0.25) is 20.4 Å². The number of piperidine rings is 1. The van der Waals surface area contributed by atoms with Crippen molar-refractivity contribution in [2.45, 2.75) is 32.6 Å². The van der Waals surface area contributed by atoms with Gasteiger partial charge in [-0.15, -0.1) is 0 Å². The van der Waals surface area contributed by atoms with Gasteiger partial charge in [-0.25, -0.2) is 12.7 Å². The average molecular weight is 427 g/mol. The zero-order valence-electron chi connectivity index (χ0n) is 16.9. The van der Waals surface area contributed by atoms with Crippen LogP contribution in [0.25, 0.3) is 0 Å².